The SMILES string of the molecule is CC[Si](CC)(CC)OCCn1ccc2ncccc21. The van der Waals surface area contributed by atoms with Crippen LogP contribution < -0.4 is 0 Å². The normalized spacial score (nSPS) is 12.2. The monoisotopic (exact) mass is 276 g/mol. The Labute approximate surface area is 116 Å². The first-order valence-electron chi connectivity index (χ1n) is 7.28. The molecule has 3 nitrogen and oxygen atoms in total. The van der Waals surface area contributed by atoms with Crippen molar-refractivity contribution >= 4 is 19.4 Å². The highest BCUT2D eigenvalue weighted by atomic mass is 28.4. The van der Waals surface area contributed by atoms with E-state index in [1.807, 2.05) is 12.3 Å². The molecule has 2 aromatic heterocycles. The van der Waals surface area contributed by atoms with Gasteiger partial charge in [-0.25, -0.2) is 0 Å². The van der Waals surface area contributed by atoms with Crippen LogP contribution in [0.4, 0.5) is 0 Å². The van der Waals surface area contributed by atoms with Gasteiger partial charge in [0.25, 0.3) is 0 Å². The topological polar surface area (TPSA) is 27.1 Å². The first-order valence-corrected chi connectivity index (χ1v) is 9.81. The van der Waals surface area contributed by atoms with Gasteiger partial charge in [-0.05, 0) is 36.3 Å². The summed E-state index contributed by atoms with van der Waals surface area (Å²) in [4.78, 5) is 4.35. The van der Waals surface area contributed by atoms with Gasteiger partial charge in [0.1, 0.15) is 0 Å². The van der Waals surface area contributed by atoms with Gasteiger partial charge in [0.15, 0.2) is 8.32 Å². The fourth-order valence-electron chi connectivity index (χ4n) is 2.63. The Morgan fingerprint density at radius 3 is 2.58 bits per heavy atom. The van der Waals surface area contributed by atoms with Gasteiger partial charge < -0.3 is 8.99 Å². The smallest absolute Gasteiger partial charge is 0.192 e. The van der Waals surface area contributed by atoms with Crippen LogP contribution in [-0.4, -0.2) is 24.5 Å². The molecule has 0 unspecified atom stereocenters. The van der Waals surface area contributed by atoms with E-state index in [0.29, 0.717) is 0 Å². The molecule has 2 aromatic rings. The Morgan fingerprint density at radius 1 is 1.16 bits per heavy atom. The second-order valence-electron chi connectivity index (χ2n) is 5.01. The second kappa shape index (κ2) is 6.35. The van der Waals surface area contributed by atoms with E-state index in [9.17, 15) is 0 Å². The summed E-state index contributed by atoms with van der Waals surface area (Å²) < 4.78 is 8.54. The zero-order valence-electron chi connectivity index (χ0n) is 12.2. The summed E-state index contributed by atoms with van der Waals surface area (Å²) in [6, 6.07) is 9.82. The van der Waals surface area contributed by atoms with Gasteiger partial charge in [0.2, 0.25) is 0 Å². The summed E-state index contributed by atoms with van der Waals surface area (Å²) in [6.45, 7) is 8.56. The highest BCUT2D eigenvalue weighted by Gasteiger charge is 2.28. The highest BCUT2D eigenvalue weighted by molar-refractivity contribution is 6.73. The van der Waals surface area contributed by atoms with Crippen LogP contribution >= 0.6 is 0 Å². The van der Waals surface area contributed by atoms with E-state index in [2.05, 4.69) is 48.7 Å². The number of pyridine rings is 1. The fourth-order valence-corrected chi connectivity index (χ4v) is 5.27. The lowest BCUT2D eigenvalue weighted by atomic mass is 10.4. The van der Waals surface area contributed by atoms with Crippen molar-refractivity contribution in [3.63, 3.8) is 0 Å². The molecule has 0 fully saturated rings. The number of nitrogens with zero attached hydrogens (tertiary/aromatic N) is 2. The van der Waals surface area contributed by atoms with Crippen LogP contribution in [0.15, 0.2) is 30.6 Å². The predicted octanol–water partition coefficient (Wildman–Crippen LogP) is 4.06. The first kappa shape index (κ1) is 14.3. The average Bonchev–Trinajstić information content (AvgIpc) is 2.88. The van der Waals surface area contributed by atoms with Crippen molar-refractivity contribution in [1.29, 1.82) is 0 Å². The lowest BCUT2D eigenvalue weighted by Crippen LogP contribution is -2.36. The van der Waals surface area contributed by atoms with Crippen molar-refractivity contribution in [1.82, 2.24) is 9.55 Å². The lowest BCUT2D eigenvalue weighted by Gasteiger charge is -2.28. The van der Waals surface area contributed by atoms with Crippen molar-refractivity contribution < 1.29 is 4.43 Å². The molecule has 0 N–H and O–H groups in total. The van der Waals surface area contributed by atoms with E-state index in [4.69, 9.17) is 4.43 Å². The molecule has 0 spiro atoms. The number of hydrogen-bond donors (Lipinski definition) is 0. The van der Waals surface area contributed by atoms with Gasteiger partial charge in [-0.15, -0.1) is 0 Å². The maximum atomic E-state index is 6.30. The standard InChI is InChI=1S/C15H24N2OSi/c1-4-19(5-2,6-3)18-13-12-17-11-9-14-15(17)8-7-10-16-14/h7-11H,4-6,12-13H2,1-3H3. The highest BCUT2D eigenvalue weighted by Crippen LogP contribution is 2.21. The molecule has 0 amide bonds. The van der Waals surface area contributed by atoms with Crippen LogP contribution in [0.1, 0.15) is 20.8 Å². The zero-order valence-corrected chi connectivity index (χ0v) is 13.2. The van der Waals surface area contributed by atoms with E-state index >= 15 is 0 Å². The predicted molar refractivity (Wildman–Crippen MR) is 82.9 cm³/mol. The Bertz CT molecular complexity index is 511. The minimum Gasteiger partial charge on any atom is -0.415 e. The summed E-state index contributed by atoms with van der Waals surface area (Å²) >= 11 is 0. The van der Waals surface area contributed by atoms with Gasteiger partial charge in [-0.2, -0.15) is 0 Å². The molecule has 0 aromatic carbocycles. The Kier molecular flexibility index (Phi) is 4.77. The molecule has 0 radical (unpaired) electrons. The van der Waals surface area contributed by atoms with E-state index in [1.54, 1.807) is 0 Å². The lowest BCUT2D eigenvalue weighted by molar-refractivity contribution is 0.283. The summed E-state index contributed by atoms with van der Waals surface area (Å²) in [7, 11) is -1.45. The van der Waals surface area contributed by atoms with Gasteiger partial charge >= 0.3 is 0 Å². The van der Waals surface area contributed by atoms with Crippen LogP contribution in [0.2, 0.25) is 18.1 Å². The van der Waals surface area contributed by atoms with Crippen molar-refractivity contribution in [3.8, 4) is 0 Å². The Morgan fingerprint density at radius 2 is 1.89 bits per heavy atom. The number of fused-ring (bicyclic) bond motifs is 1. The molecule has 0 saturated carbocycles. The molecule has 0 atom stereocenters. The van der Waals surface area contributed by atoms with Crippen LogP contribution in [0.3, 0.4) is 0 Å². The van der Waals surface area contributed by atoms with Crippen LogP contribution in [0.25, 0.3) is 11.0 Å². The maximum absolute atomic E-state index is 6.30. The van der Waals surface area contributed by atoms with Crippen LogP contribution in [0.5, 0.6) is 0 Å². The molecule has 4 heteroatoms. The second-order valence-corrected chi connectivity index (χ2v) is 9.79. The minimum absolute atomic E-state index is 0.820. The molecule has 2 heterocycles. The molecule has 0 bridgehead atoms. The maximum Gasteiger partial charge on any atom is 0.192 e. The third kappa shape index (κ3) is 3.07. The van der Waals surface area contributed by atoms with E-state index in [0.717, 1.165) is 18.7 Å². The minimum atomic E-state index is -1.45. The molecular weight excluding hydrogens is 252 g/mol. The van der Waals surface area contributed by atoms with Gasteiger partial charge in [-0.3, -0.25) is 4.98 Å². The van der Waals surface area contributed by atoms with Gasteiger partial charge in [-0.1, -0.05) is 20.8 Å². The quantitative estimate of drug-likeness (QED) is 0.713. The summed E-state index contributed by atoms with van der Waals surface area (Å²) in [5.41, 5.74) is 2.26. The third-order valence-electron chi connectivity index (χ3n) is 4.21. The van der Waals surface area contributed by atoms with Crippen molar-refractivity contribution in [2.45, 2.75) is 45.4 Å². The van der Waals surface area contributed by atoms with Gasteiger partial charge in [0, 0.05) is 18.9 Å². The number of hydrogen-bond acceptors (Lipinski definition) is 2. The Balaban J connectivity index is 1.99. The van der Waals surface area contributed by atoms with Crippen LogP contribution in [-0.2, 0) is 11.0 Å². The summed E-state index contributed by atoms with van der Waals surface area (Å²) in [5.74, 6) is 0. The molecule has 19 heavy (non-hydrogen) atoms. The molecule has 104 valence electrons. The van der Waals surface area contributed by atoms with E-state index in [1.165, 1.54) is 23.6 Å². The molecule has 0 aliphatic rings. The number of aromatic nitrogens is 2. The average molecular weight is 276 g/mol. The van der Waals surface area contributed by atoms with E-state index in [-0.39, 0.29) is 0 Å². The summed E-state index contributed by atoms with van der Waals surface area (Å²) in [5, 5.41) is 0. The number of rotatable bonds is 7. The fraction of sp³-hybridized carbons (Fsp3) is 0.533. The van der Waals surface area contributed by atoms with Crippen molar-refractivity contribution in [2.24, 2.45) is 0 Å². The molecule has 0 aliphatic heterocycles. The van der Waals surface area contributed by atoms with Crippen molar-refractivity contribution in [3.05, 3.63) is 30.6 Å². The van der Waals surface area contributed by atoms with Crippen LogP contribution in [0, 0.1) is 0 Å². The first-order chi connectivity index (χ1) is 9.24. The largest absolute Gasteiger partial charge is 0.415 e. The molecule has 2 rings (SSSR count). The zero-order chi connectivity index (χ0) is 13.7. The summed E-state index contributed by atoms with van der Waals surface area (Å²) in [6.07, 6.45) is 3.94. The van der Waals surface area contributed by atoms with Gasteiger partial charge in [0.05, 0.1) is 17.6 Å². The molecule has 0 aliphatic carbocycles. The van der Waals surface area contributed by atoms with E-state index < -0.39 is 8.32 Å². The van der Waals surface area contributed by atoms with Crippen molar-refractivity contribution in [2.75, 3.05) is 6.61 Å². The molecular formula is C15H24N2OSi. The third-order valence-corrected chi connectivity index (χ3v) is 8.89. The Hall–Kier alpha value is -1.13. The molecule has 0 saturated heterocycles.